The first-order valence-electron chi connectivity index (χ1n) is 6.97. The van der Waals surface area contributed by atoms with Gasteiger partial charge in [0.1, 0.15) is 5.78 Å². The van der Waals surface area contributed by atoms with Crippen molar-refractivity contribution in [1.29, 1.82) is 0 Å². The second-order valence-corrected chi connectivity index (χ2v) is 7.40. The van der Waals surface area contributed by atoms with Crippen LogP contribution in [0, 0.1) is 0 Å². The first-order valence-corrected chi connectivity index (χ1v) is 9.03. The summed E-state index contributed by atoms with van der Waals surface area (Å²) in [5, 5.41) is 3.43. The Kier molecular flexibility index (Phi) is 5.79. The molecule has 0 saturated carbocycles. The van der Waals surface area contributed by atoms with E-state index in [1.807, 2.05) is 37.3 Å². The zero-order chi connectivity index (χ0) is 16.2. The van der Waals surface area contributed by atoms with Crippen LogP contribution in [-0.2, 0) is 4.57 Å². The summed E-state index contributed by atoms with van der Waals surface area (Å²) in [7, 11) is -4.34. The van der Waals surface area contributed by atoms with Gasteiger partial charge in [-0.25, -0.2) is 0 Å². The largest absolute Gasteiger partial charge is 0.346 e. The topological polar surface area (TPSA) is 69.6 Å². The Morgan fingerprint density at radius 1 is 1.09 bits per heavy atom. The Morgan fingerprint density at radius 3 is 2.32 bits per heavy atom. The SMILES string of the molecule is CC(CNC(c1cccc(Cl)c1)P(=O)(O)O)c1ccccc1. The van der Waals surface area contributed by atoms with Crippen LogP contribution in [0.25, 0.3) is 0 Å². The predicted octanol–water partition coefficient (Wildman–Crippen LogP) is 3.91. The molecule has 22 heavy (non-hydrogen) atoms. The molecule has 118 valence electrons. The maximum atomic E-state index is 11.8. The molecule has 2 atom stereocenters. The average molecular weight is 340 g/mol. The van der Waals surface area contributed by atoms with E-state index >= 15 is 0 Å². The second-order valence-electron chi connectivity index (χ2n) is 5.27. The van der Waals surface area contributed by atoms with E-state index < -0.39 is 13.4 Å². The zero-order valence-corrected chi connectivity index (χ0v) is 13.8. The maximum Gasteiger partial charge on any atom is 0.346 e. The van der Waals surface area contributed by atoms with Crippen molar-refractivity contribution < 1.29 is 14.4 Å². The van der Waals surface area contributed by atoms with Crippen LogP contribution in [0.5, 0.6) is 0 Å². The van der Waals surface area contributed by atoms with Crippen molar-refractivity contribution in [1.82, 2.24) is 5.32 Å². The van der Waals surface area contributed by atoms with Crippen LogP contribution in [0.4, 0.5) is 0 Å². The Balaban J connectivity index is 2.13. The van der Waals surface area contributed by atoms with Crippen molar-refractivity contribution in [2.45, 2.75) is 18.6 Å². The van der Waals surface area contributed by atoms with E-state index in [1.165, 1.54) is 0 Å². The van der Waals surface area contributed by atoms with Gasteiger partial charge in [-0.3, -0.25) is 9.88 Å². The van der Waals surface area contributed by atoms with Crippen LogP contribution >= 0.6 is 19.2 Å². The zero-order valence-electron chi connectivity index (χ0n) is 12.2. The van der Waals surface area contributed by atoms with Gasteiger partial charge in [-0.05, 0) is 29.2 Å². The summed E-state index contributed by atoms with van der Waals surface area (Å²) in [6, 6.07) is 16.4. The molecular weight excluding hydrogens is 321 g/mol. The molecule has 2 aromatic rings. The lowest BCUT2D eigenvalue weighted by atomic mass is 10.0. The van der Waals surface area contributed by atoms with Crippen LogP contribution in [-0.4, -0.2) is 16.3 Å². The van der Waals surface area contributed by atoms with Crippen LogP contribution in [0.1, 0.15) is 29.8 Å². The van der Waals surface area contributed by atoms with Gasteiger partial charge in [0.25, 0.3) is 0 Å². The molecule has 3 N–H and O–H groups in total. The lowest BCUT2D eigenvalue weighted by molar-refractivity contribution is 0.346. The van der Waals surface area contributed by atoms with Crippen molar-refractivity contribution in [2.24, 2.45) is 0 Å². The smallest absolute Gasteiger partial charge is 0.323 e. The van der Waals surface area contributed by atoms with E-state index in [4.69, 9.17) is 11.6 Å². The van der Waals surface area contributed by atoms with Crippen LogP contribution < -0.4 is 5.32 Å². The molecule has 0 saturated heterocycles. The van der Waals surface area contributed by atoms with Crippen LogP contribution in [0.2, 0.25) is 5.02 Å². The van der Waals surface area contributed by atoms with Crippen LogP contribution in [0.3, 0.4) is 0 Å². The average Bonchev–Trinajstić information content (AvgIpc) is 2.47. The van der Waals surface area contributed by atoms with Crippen molar-refractivity contribution in [3.05, 3.63) is 70.7 Å². The van der Waals surface area contributed by atoms with E-state index in [2.05, 4.69) is 5.32 Å². The lowest BCUT2D eigenvalue weighted by Gasteiger charge is -2.23. The molecule has 0 amide bonds. The summed E-state index contributed by atoms with van der Waals surface area (Å²) >= 11 is 5.92. The minimum atomic E-state index is -4.34. The fraction of sp³-hybridized carbons (Fsp3) is 0.250. The molecular formula is C16H19ClNO3P. The molecule has 2 unspecified atom stereocenters. The molecule has 0 aliphatic heterocycles. The highest BCUT2D eigenvalue weighted by Crippen LogP contribution is 2.50. The third kappa shape index (κ3) is 4.67. The summed E-state index contributed by atoms with van der Waals surface area (Å²) in [6.45, 7) is 2.46. The second kappa shape index (κ2) is 7.40. The lowest BCUT2D eigenvalue weighted by Crippen LogP contribution is -2.25. The highest BCUT2D eigenvalue weighted by Gasteiger charge is 2.30. The van der Waals surface area contributed by atoms with Gasteiger partial charge in [-0.15, -0.1) is 0 Å². The monoisotopic (exact) mass is 339 g/mol. The number of halogens is 1. The number of rotatable bonds is 6. The molecule has 0 aliphatic carbocycles. The normalized spacial score (nSPS) is 14.5. The van der Waals surface area contributed by atoms with Gasteiger partial charge < -0.3 is 9.79 Å². The standard InChI is InChI=1S/C16H19ClNO3P/c1-12(13-6-3-2-4-7-13)11-18-16(22(19,20)21)14-8-5-9-15(17)10-14/h2-10,12,16,18H,11H2,1H3,(H2,19,20,21). The predicted molar refractivity (Wildman–Crippen MR) is 89.1 cm³/mol. The summed E-state index contributed by atoms with van der Waals surface area (Å²) in [5.41, 5.74) is 1.60. The Bertz CT molecular complexity index is 659. The van der Waals surface area contributed by atoms with Gasteiger partial charge in [-0.2, -0.15) is 0 Å². The third-order valence-corrected chi connectivity index (χ3v) is 4.88. The van der Waals surface area contributed by atoms with Crippen molar-refractivity contribution in [3.63, 3.8) is 0 Å². The Labute approximate surface area is 135 Å². The molecule has 2 aromatic carbocycles. The molecule has 0 aliphatic rings. The van der Waals surface area contributed by atoms with Gasteiger partial charge >= 0.3 is 7.60 Å². The first-order chi connectivity index (χ1) is 10.4. The van der Waals surface area contributed by atoms with E-state index in [9.17, 15) is 14.4 Å². The summed E-state index contributed by atoms with van der Waals surface area (Å²) in [6.07, 6.45) is 0. The number of hydrogen-bond donors (Lipinski definition) is 3. The third-order valence-electron chi connectivity index (χ3n) is 3.49. The van der Waals surface area contributed by atoms with E-state index in [0.717, 1.165) is 5.56 Å². The molecule has 6 heteroatoms. The van der Waals surface area contributed by atoms with Gasteiger partial charge in [0, 0.05) is 11.6 Å². The quantitative estimate of drug-likeness (QED) is 0.698. The fourth-order valence-corrected chi connectivity index (χ4v) is 3.39. The highest BCUT2D eigenvalue weighted by molar-refractivity contribution is 7.52. The summed E-state index contributed by atoms with van der Waals surface area (Å²) < 4.78 is 11.8. The minimum Gasteiger partial charge on any atom is -0.323 e. The molecule has 4 nitrogen and oxygen atoms in total. The molecule has 0 spiro atoms. The summed E-state index contributed by atoms with van der Waals surface area (Å²) in [5.74, 6) is -0.924. The van der Waals surface area contributed by atoms with Gasteiger partial charge in [-0.1, -0.05) is 61.0 Å². The van der Waals surface area contributed by atoms with Gasteiger partial charge in [0.2, 0.25) is 0 Å². The van der Waals surface area contributed by atoms with Crippen molar-refractivity contribution >= 4 is 19.2 Å². The maximum absolute atomic E-state index is 11.8. The van der Waals surface area contributed by atoms with Crippen molar-refractivity contribution in [2.75, 3.05) is 6.54 Å². The summed E-state index contributed by atoms with van der Waals surface area (Å²) in [4.78, 5) is 19.2. The Hall–Kier alpha value is -1.16. The highest BCUT2D eigenvalue weighted by atomic mass is 35.5. The van der Waals surface area contributed by atoms with E-state index in [-0.39, 0.29) is 5.92 Å². The number of benzene rings is 2. The number of hydrogen-bond acceptors (Lipinski definition) is 2. The fourth-order valence-electron chi connectivity index (χ4n) is 2.30. The molecule has 0 radical (unpaired) electrons. The molecule has 0 aromatic heterocycles. The van der Waals surface area contributed by atoms with E-state index in [1.54, 1.807) is 24.3 Å². The molecule has 0 heterocycles. The van der Waals surface area contributed by atoms with Crippen LogP contribution in [0.15, 0.2) is 54.6 Å². The first kappa shape index (κ1) is 17.2. The van der Waals surface area contributed by atoms with Crippen molar-refractivity contribution in [3.8, 4) is 0 Å². The molecule has 2 rings (SSSR count). The van der Waals surface area contributed by atoms with Gasteiger partial charge in [0.05, 0.1) is 0 Å². The molecule has 0 bridgehead atoms. The minimum absolute atomic E-state index is 0.134. The Morgan fingerprint density at radius 2 is 1.73 bits per heavy atom. The van der Waals surface area contributed by atoms with Gasteiger partial charge in [0.15, 0.2) is 0 Å². The molecule has 0 fully saturated rings. The van der Waals surface area contributed by atoms with E-state index in [0.29, 0.717) is 17.1 Å². The number of nitrogens with one attached hydrogen (secondary N) is 1.